The van der Waals surface area contributed by atoms with Gasteiger partial charge >= 0.3 is 0 Å². The molecule has 0 saturated carbocycles. The molecule has 0 fully saturated rings. The standard InChI is InChI=1S/C26H30N2O5S2/c1-5-33-21-12-10-20(11-13-21)28(35(30,31)23-16-14-22(34-4)15-17-23)18-26(29)27-19(2)24-8-6-7-9-25(24)32-3/h6-17,19H,5,18H2,1-4H3,(H,27,29). The molecule has 0 aromatic heterocycles. The van der Waals surface area contributed by atoms with Crippen LogP contribution < -0.4 is 19.1 Å². The van der Waals surface area contributed by atoms with Crippen LogP contribution in [0.25, 0.3) is 0 Å². The van der Waals surface area contributed by atoms with Gasteiger partial charge in [-0.25, -0.2) is 8.42 Å². The zero-order valence-corrected chi connectivity index (χ0v) is 21.9. The third-order valence-electron chi connectivity index (χ3n) is 5.35. The van der Waals surface area contributed by atoms with E-state index in [0.717, 1.165) is 14.8 Å². The first-order valence-corrected chi connectivity index (χ1v) is 13.8. The maximum atomic E-state index is 13.6. The van der Waals surface area contributed by atoms with Crippen molar-refractivity contribution in [3.63, 3.8) is 0 Å². The summed E-state index contributed by atoms with van der Waals surface area (Å²) in [6, 6.07) is 20.2. The molecule has 9 heteroatoms. The lowest BCUT2D eigenvalue weighted by Crippen LogP contribution is -2.41. The van der Waals surface area contributed by atoms with Gasteiger partial charge in [0.05, 0.1) is 30.3 Å². The highest BCUT2D eigenvalue weighted by Gasteiger charge is 2.28. The molecule has 1 N–H and O–H groups in total. The van der Waals surface area contributed by atoms with Gasteiger partial charge in [0.25, 0.3) is 10.0 Å². The van der Waals surface area contributed by atoms with Gasteiger partial charge in [0.2, 0.25) is 5.91 Å². The van der Waals surface area contributed by atoms with Crippen molar-refractivity contribution in [1.82, 2.24) is 5.32 Å². The first-order chi connectivity index (χ1) is 16.8. The molecule has 0 radical (unpaired) electrons. The molecule has 186 valence electrons. The van der Waals surface area contributed by atoms with Crippen molar-refractivity contribution in [3.8, 4) is 11.5 Å². The second kappa shape index (κ2) is 12.0. The molecule has 0 saturated heterocycles. The molecule has 3 aromatic rings. The smallest absolute Gasteiger partial charge is 0.264 e. The Bertz CT molecular complexity index is 1230. The van der Waals surface area contributed by atoms with Crippen LogP contribution >= 0.6 is 11.8 Å². The van der Waals surface area contributed by atoms with Gasteiger partial charge in [0, 0.05) is 10.5 Å². The van der Waals surface area contributed by atoms with Crippen molar-refractivity contribution in [2.75, 3.05) is 30.8 Å². The summed E-state index contributed by atoms with van der Waals surface area (Å²) in [5.74, 6) is 0.818. The van der Waals surface area contributed by atoms with Gasteiger partial charge in [-0.05, 0) is 74.7 Å². The van der Waals surface area contributed by atoms with Gasteiger partial charge in [0.15, 0.2) is 0 Å². The topological polar surface area (TPSA) is 84.9 Å². The largest absolute Gasteiger partial charge is 0.496 e. The molecular formula is C26H30N2O5S2. The summed E-state index contributed by atoms with van der Waals surface area (Å²) in [5, 5.41) is 2.89. The van der Waals surface area contributed by atoms with Crippen LogP contribution in [0.1, 0.15) is 25.5 Å². The molecule has 0 aliphatic rings. The monoisotopic (exact) mass is 514 g/mol. The number of benzene rings is 3. The SMILES string of the molecule is CCOc1ccc(N(CC(=O)NC(C)c2ccccc2OC)S(=O)(=O)c2ccc(SC)cc2)cc1. The lowest BCUT2D eigenvalue weighted by molar-refractivity contribution is -0.120. The fourth-order valence-electron chi connectivity index (χ4n) is 3.58. The van der Waals surface area contributed by atoms with Crippen LogP contribution in [0.3, 0.4) is 0 Å². The molecule has 0 aliphatic carbocycles. The fourth-order valence-corrected chi connectivity index (χ4v) is 5.41. The first-order valence-electron chi connectivity index (χ1n) is 11.1. The maximum Gasteiger partial charge on any atom is 0.264 e. The molecule has 35 heavy (non-hydrogen) atoms. The summed E-state index contributed by atoms with van der Waals surface area (Å²) in [6.45, 7) is 3.80. The van der Waals surface area contributed by atoms with Crippen molar-refractivity contribution in [1.29, 1.82) is 0 Å². The summed E-state index contributed by atoms with van der Waals surface area (Å²) in [4.78, 5) is 14.1. The highest BCUT2D eigenvalue weighted by atomic mass is 32.2. The maximum absolute atomic E-state index is 13.6. The van der Waals surface area contributed by atoms with Gasteiger partial charge < -0.3 is 14.8 Å². The Hall–Kier alpha value is -3.17. The van der Waals surface area contributed by atoms with E-state index in [4.69, 9.17) is 9.47 Å². The van der Waals surface area contributed by atoms with E-state index in [-0.39, 0.29) is 17.5 Å². The number of nitrogens with one attached hydrogen (secondary N) is 1. The van der Waals surface area contributed by atoms with E-state index in [0.29, 0.717) is 23.8 Å². The zero-order valence-electron chi connectivity index (χ0n) is 20.2. The molecular weight excluding hydrogens is 484 g/mol. The number of thioether (sulfide) groups is 1. The molecule has 1 unspecified atom stereocenters. The Morgan fingerprint density at radius 3 is 2.29 bits per heavy atom. The van der Waals surface area contributed by atoms with Crippen LogP contribution in [0.4, 0.5) is 5.69 Å². The minimum Gasteiger partial charge on any atom is -0.496 e. The Morgan fingerprint density at radius 1 is 1.03 bits per heavy atom. The van der Waals surface area contributed by atoms with E-state index in [1.165, 1.54) is 11.8 Å². The molecule has 7 nitrogen and oxygen atoms in total. The third-order valence-corrected chi connectivity index (χ3v) is 7.88. The van der Waals surface area contributed by atoms with E-state index in [1.807, 2.05) is 44.4 Å². The number of sulfonamides is 1. The number of carbonyl (C=O) groups excluding carboxylic acids is 1. The predicted molar refractivity (Wildman–Crippen MR) is 140 cm³/mol. The first kappa shape index (κ1) is 26.4. The Kier molecular flexibility index (Phi) is 9.06. The van der Waals surface area contributed by atoms with Gasteiger partial charge in [-0.3, -0.25) is 9.10 Å². The minimum absolute atomic E-state index is 0.106. The van der Waals surface area contributed by atoms with Crippen molar-refractivity contribution in [2.24, 2.45) is 0 Å². The highest BCUT2D eigenvalue weighted by molar-refractivity contribution is 7.98. The lowest BCUT2D eigenvalue weighted by Gasteiger charge is -2.25. The van der Waals surface area contributed by atoms with Crippen LogP contribution in [-0.4, -0.2) is 40.8 Å². The van der Waals surface area contributed by atoms with Crippen LogP contribution in [0.5, 0.6) is 11.5 Å². The van der Waals surface area contributed by atoms with Gasteiger partial charge in [-0.1, -0.05) is 18.2 Å². The molecule has 3 aromatic carbocycles. The highest BCUT2D eigenvalue weighted by Crippen LogP contribution is 2.28. The molecule has 1 amide bonds. The molecule has 0 bridgehead atoms. The number of methoxy groups -OCH3 is 1. The average molecular weight is 515 g/mol. The van der Waals surface area contributed by atoms with Gasteiger partial charge in [-0.2, -0.15) is 0 Å². The Balaban J connectivity index is 1.90. The number of para-hydroxylation sites is 1. The summed E-state index contributed by atoms with van der Waals surface area (Å²) >= 11 is 1.52. The second-order valence-electron chi connectivity index (χ2n) is 7.65. The van der Waals surface area contributed by atoms with Crippen molar-refractivity contribution >= 4 is 33.4 Å². The normalized spacial score (nSPS) is 12.0. The molecule has 0 aliphatic heterocycles. The van der Waals surface area contributed by atoms with E-state index in [9.17, 15) is 13.2 Å². The average Bonchev–Trinajstić information content (AvgIpc) is 2.88. The molecule has 1 atom stereocenters. The number of ether oxygens (including phenoxy) is 2. The molecule has 0 spiro atoms. The number of amides is 1. The van der Waals surface area contributed by atoms with Crippen molar-refractivity contribution in [2.45, 2.75) is 29.7 Å². The van der Waals surface area contributed by atoms with Crippen molar-refractivity contribution < 1.29 is 22.7 Å². The number of nitrogens with zero attached hydrogens (tertiary/aromatic N) is 1. The van der Waals surface area contributed by atoms with Crippen LogP contribution in [0.15, 0.2) is 82.6 Å². The number of hydrogen-bond donors (Lipinski definition) is 1. The van der Waals surface area contributed by atoms with E-state index >= 15 is 0 Å². The number of rotatable bonds is 11. The fraction of sp³-hybridized carbons (Fsp3) is 0.269. The van der Waals surface area contributed by atoms with Crippen LogP contribution in [0, 0.1) is 0 Å². The van der Waals surface area contributed by atoms with Crippen LogP contribution in [-0.2, 0) is 14.8 Å². The number of carbonyl (C=O) groups is 1. The summed E-state index contributed by atoms with van der Waals surface area (Å²) in [7, 11) is -2.45. The predicted octanol–water partition coefficient (Wildman–Crippen LogP) is 4.89. The Labute approximate surface area is 211 Å². The quantitative estimate of drug-likeness (QED) is 0.367. The number of anilines is 1. The minimum atomic E-state index is -4.01. The summed E-state index contributed by atoms with van der Waals surface area (Å²) in [5.41, 5.74) is 1.16. The zero-order chi connectivity index (χ0) is 25.4. The number of hydrogen-bond acceptors (Lipinski definition) is 6. The summed E-state index contributed by atoms with van der Waals surface area (Å²) in [6.07, 6.45) is 1.92. The van der Waals surface area contributed by atoms with E-state index in [2.05, 4.69) is 5.32 Å². The third kappa shape index (κ3) is 6.49. The van der Waals surface area contributed by atoms with E-state index in [1.54, 1.807) is 55.6 Å². The van der Waals surface area contributed by atoms with Crippen LogP contribution in [0.2, 0.25) is 0 Å². The van der Waals surface area contributed by atoms with Gasteiger partial charge in [0.1, 0.15) is 18.0 Å². The van der Waals surface area contributed by atoms with Gasteiger partial charge in [-0.15, -0.1) is 11.8 Å². The van der Waals surface area contributed by atoms with Crippen molar-refractivity contribution in [3.05, 3.63) is 78.4 Å². The lowest BCUT2D eigenvalue weighted by atomic mass is 10.1. The second-order valence-corrected chi connectivity index (χ2v) is 10.4. The molecule has 3 rings (SSSR count). The molecule has 0 heterocycles. The summed E-state index contributed by atoms with van der Waals surface area (Å²) < 4.78 is 39.2. The van der Waals surface area contributed by atoms with E-state index < -0.39 is 15.9 Å². The Morgan fingerprint density at radius 2 is 1.69 bits per heavy atom.